The highest BCUT2D eigenvalue weighted by Crippen LogP contribution is 2.30. The number of nitriles is 1. The van der Waals surface area contributed by atoms with Crippen LogP contribution in [0.4, 0.5) is 0 Å². The number of nitrogens with zero attached hydrogens (tertiary/aromatic N) is 5. The molecule has 1 saturated heterocycles. The van der Waals surface area contributed by atoms with Crippen LogP contribution in [0.15, 0.2) is 95.8 Å². The maximum atomic E-state index is 13.0. The number of imidazole rings is 1. The fraction of sp³-hybridized carbons (Fsp3) is 0.250. The van der Waals surface area contributed by atoms with E-state index in [0.29, 0.717) is 29.9 Å². The third-order valence-corrected chi connectivity index (χ3v) is 7.88. The second-order valence-electron chi connectivity index (χ2n) is 10.2. The average molecular weight is 518 g/mol. The van der Waals surface area contributed by atoms with Crippen molar-refractivity contribution in [3.8, 4) is 6.07 Å². The Bertz CT molecular complexity index is 1670. The molecule has 39 heavy (non-hydrogen) atoms. The predicted octanol–water partition coefficient (Wildman–Crippen LogP) is 4.16. The lowest BCUT2D eigenvalue weighted by molar-refractivity contribution is -0.0380. The molecule has 5 aromatic rings. The third kappa shape index (κ3) is 4.53. The van der Waals surface area contributed by atoms with Gasteiger partial charge in [-0.25, -0.2) is 0 Å². The van der Waals surface area contributed by atoms with Crippen LogP contribution in [0.1, 0.15) is 28.3 Å². The summed E-state index contributed by atoms with van der Waals surface area (Å²) in [6.45, 7) is 5.07. The van der Waals surface area contributed by atoms with Gasteiger partial charge < -0.3 is 9.67 Å². The van der Waals surface area contributed by atoms with Gasteiger partial charge >= 0.3 is 0 Å². The summed E-state index contributed by atoms with van der Waals surface area (Å²) in [5, 5.41) is 21.4. The number of aliphatic hydroxyl groups excluding tert-OH is 1. The number of aryl methyl sites for hydroxylation is 1. The molecule has 1 aliphatic heterocycles. The smallest absolute Gasteiger partial charge is 0.257 e. The molecule has 1 atom stereocenters. The maximum absolute atomic E-state index is 13.0. The van der Waals surface area contributed by atoms with E-state index in [0.717, 1.165) is 24.1 Å². The molecule has 1 fully saturated rings. The Morgan fingerprint density at radius 2 is 1.36 bits per heavy atom. The van der Waals surface area contributed by atoms with Crippen LogP contribution in [0.3, 0.4) is 0 Å². The van der Waals surface area contributed by atoms with Crippen LogP contribution in [0.2, 0.25) is 0 Å². The third-order valence-electron chi connectivity index (χ3n) is 7.88. The van der Waals surface area contributed by atoms with Gasteiger partial charge in [-0.2, -0.15) is 5.26 Å². The van der Waals surface area contributed by atoms with Crippen molar-refractivity contribution >= 4 is 16.7 Å². The number of aliphatic hydroxyl groups is 1. The molecule has 196 valence electrons. The zero-order valence-corrected chi connectivity index (χ0v) is 21.9. The second kappa shape index (κ2) is 10.5. The number of benzene rings is 3. The summed E-state index contributed by atoms with van der Waals surface area (Å²) >= 11 is 0. The number of para-hydroxylation sites is 2. The van der Waals surface area contributed by atoms with Crippen LogP contribution >= 0.6 is 0 Å². The first-order chi connectivity index (χ1) is 19.1. The van der Waals surface area contributed by atoms with E-state index in [9.17, 15) is 15.2 Å². The highest BCUT2D eigenvalue weighted by Gasteiger charge is 2.29. The van der Waals surface area contributed by atoms with Gasteiger partial charge in [0.2, 0.25) is 0 Å². The van der Waals surface area contributed by atoms with Gasteiger partial charge in [-0.15, -0.1) is 0 Å². The Labute approximate surface area is 227 Å². The van der Waals surface area contributed by atoms with E-state index >= 15 is 0 Å². The van der Waals surface area contributed by atoms with Gasteiger partial charge in [0.15, 0.2) is 0 Å². The van der Waals surface area contributed by atoms with E-state index in [1.165, 1.54) is 17.2 Å². The number of pyridine rings is 1. The summed E-state index contributed by atoms with van der Waals surface area (Å²) in [5.74, 6) is 0. The Morgan fingerprint density at radius 3 is 1.95 bits per heavy atom. The molecule has 1 aliphatic rings. The number of hydrogen-bond acceptors (Lipinski definition) is 5. The quantitative estimate of drug-likeness (QED) is 0.366. The molecule has 0 saturated carbocycles. The van der Waals surface area contributed by atoms with Crippen molar-refractivity contribution in [2.24, 2.45) is 0 Å². The molecule has 0 bridgehead atoms. The van der Waals surface area contributed by atoms with Crippen LogP contribution in [0.5, 0.6) is 0 Å². The van der Waals surface area contributed by atoms with Gasteiger partial charge in [-0.1, -0.05) is 72.8 Å². The highest BCUT2D eigenvalue weighted by atomic mass is 16.3. The van der Waals surface area contributed by atoms with E-state index in [1.54, 1.807) is 11.3 Å². The fourth-order valence-corrected chi connectivity index (χ4v) is 5.98. The molecule has 7 nitrogen and oxygen atoms in total. The molecule has 3 aromatic carbocycles. The van der Waals surface area contributed by atoms with Crippen LogP contribution in [0.25, 0.3) is 16.7 Å². The summed E-state index contributed by atoms with van der Waals surface area (Å²) in [7, 11) is 0. The lowest BCUT2D eigenvalue weighted by Crippen LogP contribution is -2.52. The number of rotatable bonds is 6. The van der Waals surface area contributed by atoms with Crippen molar-refractivity contribution in [2.75, 3.05) is 26.2 Å². The molecular weight excluding hydrogens is 486 g/mol. The number of piperazine rings is 1. The first-order valence-corrected chi connectivity index (χ1v) is 13.4. The number of fused-ring (bicyclic) bond motifs is 3. The average Bonchev–Trinajstić information content (AvgIpc) is 3.29. The zero-order valence-electron chi connectivity index (χ0n) is 21.9. The summed E-state index contributed by atoms with van der Waals surface area (Å²) in [6.07, 6.45) is -0.763. The predicted molar refractivity (Wildman–Crippen MR) is 152 cm³/mol. The summed E-state index contributed by atoms with van der Waals surface area (Å²) < 4.78 is 3.52. The van der Waals surface area contributed by atoms with E-state index in [1.807, 2.05) is 41.0 Å². The van der Waals surface area contributed by atoms with Crippen molar-refractivity contribution in [1.82, 2.24) is 18.8 Å². The first kappa shape index (κ1) is 25.1. The van der Waals surface area contributed by atoms with Crippen LogP contribution in [-0.2, 0) is 6.54 Å². The first-order valence-electron chi connectivity index (χ1n) is 13.4. The molecule has 6 rings (SSSR count). The Hall–Kier alpha value is -4.22. The van der Waals surface area contributed by atoms with Gasteiger partial charge in [-0.05, 0) is 35.7 Å². The number of aromatic nitrogens is 2. The van der Waals surface area contributed by atoms with E-state index < -0.39 is 6.23 Å². The molecule has 0 radical (unpaired) electrons. The molecule has 3 heterocycles. The Morgan fingerprint density at radius 1 is 0.821 bits per heavy atom. The molecule has 0 spiro atoms. The summed E-state index contributed by atoms with van der Waals surface area (Å²) in [6, 6.07) is 32.7. The molecule has 0 unspecified atom stereocenters. The molecule has 0 amide bonds. The Kier molecular flexibility index (Phi) is 6.76. The van der Waals surface area contributed by atoms with Crippen molar-refractivity contribution in [2.45, 2.75) is 25.7 Å². The van der Waals surface area contributed by atoms with Gasteiger partial charge in [-0.3, -0.25) is 19.0 Å². The largest absolute Gasteiger partial charge is 0.376 e. The minimum atomic E-state index is -0.763. The van der Waals surface area contributed by atoms with Gasteiger partial charge in [0.25, 0.3) is 5.56 Å². The van der Waals surface area contributed by atoms with Crippen LogP contribution in [0, 0.1) is 18.3 Å². The zero-order chi connectivity index (χ0) is 26.9. The van der Waals surface area contributed by atoms with Crippen LogP contribution < -0.4 is 5.56 Å². The number of hydrogen-bond donors (Lipinski definition) is 1. The van der Waals surface area contributed by atoms with Gasteiger partial charge in [0.1, 0.15) is 17.9 Å². The standard InChI is InChI=1S/C32H31N5O2/c1-23-20-29(38)37-28-15-9-8-14-27(28)36(32(37)26(23)21-33)22-30(39)34-16-18-35(19-17-34)31(24-10-4-2-5-11-24)25-12-6-3-7-13-25/h2-15,20,30-31,39H,16-19,22H2,1H3/t30-/m1/s1. The SMILES string of the molecule is Cc1cc(=O)n2c3ccccc3n(C[C@@H](O)N3CCN(C(c4ccccc4)c4ccccc4)CC3)c2c1C#N. The molecule has 1 N–H and O–H groups in total. The van der Waals surface area contributed by atoms with Gasteiger partial charge in [0, 0.05) is 32.2 Å². The molecule has 0 aliphatic carbocycles. The summed E-state index contributed by atoms with van der Waals surface area (Å²) in [4.78, 5) is 17.5. The highest BCUT2D eigenvalue weighted by molar-refractivity contribution is 5.84. The maximum Gasteiger partial charge on any atom is 0.257 e. The van der Waals surface area contributed by atoms with Crippen LogP contribution in [-0.4, -0.2) is 56.3 Å². The second-order valence-corrected chi connectivity index (χ2v) is 10.2. The molecule has 2 aromatic heterocycles. The van der Waals surface area contributed by atoms with Gasteiger partial charge in [0.05, 0.1) is 29.2 Å². The van der Waals surface area contributed by atoms with Crippen molar-refractivity contribution in [3.63, 3.8) is 0 Å². The minimum absolute atomic E-state index is 0.150. The van der Waals surface area contributed by atoms with E-state index in [4.69, 9.17) is 0 Å². The van der Waals surface area contributed by atoms with Crippen molar-refractivity contribution in [3.05, 3.63) is 124 Å². The Balaban J connectivity index is 1.28. The normalized spacial score (nSPS) is 15.6. The van der Waals surface area contributed by atoms with Crippen molar-refractivity contribution < 1.29 is 5.11 Å². The van der Waals surface area contributed by atoms with Crippen molar-refractivity contribution in [1.29, 1.82) is 5.26 Å². The lowest BCUT2D eigenvalue weighted by atomic mass is 9.96. The molecule has 7 heteroatoms. The van der Waals surface area contributed by atoms with E-state index in [2.05, 4.69) is 64.4 Å². The van der Waals surface area contributed by atoms with E-state index in [-0.39, 0.29) is 18.1 Å². The topological polar surface area (TPSA) is 76.9 Å². The minimum Gasteiger partial charge on any atom is -0.376 e. The summed E-state index contributed by atoms with van der Waals surface area (Å²) in [5.41, 5.74) is 5.53. The molecular formula is C32H31N5O2. The lowest BCUT2D eigenvalue weighted by Gasteiger charge is -2.41. The monoisotopic (exact) mass is 517 g/mol. The fourth-order valence-electron chi connectivity index (χ4n) is 5.98.